The predicted molar refractivity (Wildman–Crippen MR) is 79.9 cm³/mol. The maximum Gasteiger partial charge on any atom is 0.251 e. The second kappa shape index (κ2) is 8.42. The van der Waals surface area contributed by atoms with Crippen LogP contribution < -0.4 is 10.5 Å². The van der Waals surface area contributed by atoms with Gasteiger partial charge in [0.15, 0.2) is 0 Å². The molecule has 1 amide bonds. The van der Waals surface area contributed by atoms with Gasteiger partial charge in [-0.3, -0.25) is 4.79 Å². The number of aliphatic hydroxyl groups is 1. The quantitative estimate of drug-likeness (QED) is 0.500. The first kappa shape index (κ1) is 17.2. The first-order chi connectivity index (χ1) is 9.92. The molecule has 4 N–H and O–H groups in total. The third kappa shape index (κ3) is 7.46. The summed E-state index contributed by atoms with van der Waals surface area (Å²) in [6, 6.07) is 6.76. The highest BCUT2D eigenvalue weighted by atomic mass is 32.2. The highest BCUT2D eigenvalue weighted by molar-refractivity contribution is 7.89. The molecule has 114 valence electrons. The van der Waals surface area contributed by atoms with Crippen molar-refractivity contribution in [1.82, 2.24) is 5.32 Å². The molecule has 1 aromatic rings. The molecule has 7 heteroatoms. The molecule has 0 radical (unpaired) electrons. The van der Waals surface area contributed by atoms with Crippen LogP contribution in [0.5, 0.6) is 0 Å². The molecule has 0 fully saturated rings. The number of hydrogen-bond donors (Lipinski definition) is 3. The molecule has 0 bridgehead atoms. The number of sulfonamides is 1. The number of benzene rings is 1. The number of aliphatic hydroxyl groups excluding tert-OH is 1. The number of hydrogen-bond acceptors (Lipinski definition) is 4. The van der Waals surface area contributed by atoms with Crippen LogP contribution in [-0.4, -0.2) is 38.3 Å². The zero-order valence-corrected chi connectivity index (χ0v) is 12.3. The van der Waals surface area contributed by atoms with Crippen molar-refractivity contribution in [2.24, 2.45) is 5.14 Å². The Hall–Kier alpha value is -1.88. The van der Waals surface area contributed by atoms with Crippen LogP contribution >= 0.6 is 0 Å². The zero-order valence-electron chi connectivity index (χ0n) is 11.5. The average molecular weight is 310 g/mol. The van der Waals surface area contributed by atoms with E-state index in [1.54, 1.807) is 24.3 Å². The molecular weight excluding hydrogens is 292 g/mol. The van der Waals surface area contributed by atoms with E-state index in [1.807, 2.05) is 0 Å². The summed E-state index contributed by atoms with van der Waals surface area (Å²) in [6.07, 6.45) is 0.643. The SMILES string of the molecule is NS(=O)(=O)CCCNC(=O)c1cccc(C#CCCO)c1. The van der Waals surface area contributed by atoms with Crippen molar-refractivity contribution in [3.05, 3.63) is 35.4 Å². The zero-order chi connectivity index (χ0) is 15.7. The molecule has 1 aromatic carbocycles. The van der Waals surface area contributed by atoms with Crippen LogP contribution in [0.2, 0.25) is 0 Å². The number of nitrogens with two attached hydrogens (primary N) is 1. The van der Waals surface area contributed by atoms with Crippen LogP contribution in [0.15, 0.2) is 24.3 Å². The Balaban J connectivity index is 2.55. The first-order valence-corrected chi connectivity index (χ1v) is 8.12. The second-order valence-electron chi connectivity index (χ2n) is 4.33. The predicted octanol–water partition coefficient (Wildman–Crippen LogP) is -0.171. The van der Waals surface area contributed by atoms with Crippen LogP contribution in [0.3, 0.4) is 0 Å². The summed E-state index contributed by atoms with van der Waals surface area (Å²) >= 11 is 0. The van der Waals surface area contributed by atoms with Gasteiger partial charge in [0.05, 0.1) is 12.4 Å². The van der Waals surface area contributed by atoms with Gasteiger partial charge in [0, 0.05) is 24.1 Å². The number of amides is 1. The molecule has 0 saturated heterocycles. The molecule has 0 saturated carbocycles. The van der Waals surface area contributed by atoms with Gasteiger partial charge in [-0.1, -0.05) is 17.9 Å². The molecule has 0 aliphatic heterocycles. The second-order valence-corrected chi connectivity index (χ2v) is 6.07. The topological polar surface area (TPSA) is 109 Å². The third-order valence-corrected chi connectivity index (χ3v) is 3.34. The lowest BCUT2D eigenvalue weighted by Gasteiger charge is -2.05. The minimum absolute atomic E-state index is 0.00275. The molecule has 0 aromatic heterocycles. The lowest BCUT2D eigenvalue weighted by atomic mass is 10.1. The molecule has 1 rings (SSSR count). The fourth-order valence-corrected chi connectivity index (χ4v) is 2.08. The lowest BCUT2D eigenvalue weighted by molar-refractivity contribution is 0.0953. The molecule has 0 atom stereocenters. The van der Waals surface area contributed by atoms with Crippen LogP contribution in [0.4, 0.5) is 0 Å². The smallest absolute Gasteiger partial charge is 0.251 e. The van der Waals surface area contributed by atoms with Crippen molar-refractivity contribution in [1.29, 1.82) is 0 Å². The van der Waals surface area contributed by atoms with Crippen LogP contribution in [0.25, 0.3) is 0 Å². The standard InChI is InChI=1S/C14H18N2O4S/c15-21(19,20)10-4-8-16-14(18)13-7-3-6-12(11-13)5-1-2-9-17/h3,6-7,11,17H,2,4,8-10H2,(H,16,18)(H2,15,19,20). The normalized spacial score (nSPS) is 10.6. The molecule has 0 heterocycles. The summed E-state index contributed by atoms with van der Waals surface area (Å²) in [5.74, 6) is 5.15. The van der Waals surface area contributed by atoms with Gasteiger partial charge in [-0.2, -0.15) is 0 Å². The van der Waals surface area contributed by atoms with Crippen molar-refractivity contribution in [2.75, 3.05) is 18.9 Å². The Morgan fingerprint density at radius 2 is 2.14 bits per heavy atom. The van der Waals surface area contributed by atoms with E-state index in [0.29, 0.717) is 17.5 Å². The molecule has 0 spiro atoms. The van der Waals surface area contributed by atoms with E-state index in [2.05, 4.69) is 17.2 Å². The van der Waals surface area contributed by atoms with Crippen molar-refractivity contribution in [2.45, 2.75) is 12.8 Å². The van der Waals surface area contributed by atoms with Crippen molar-refractivity contribution in [3.63, 3.8) is 0 Å². The third-order valence-electron chi connectivity index (χ3n) is 2.49. The van der Waals surface area contributed by atoms with E-state index in [0.717, 1.165) is 0 Å². The maximum atomic E-state index is 11.9. The van der Waals surface area contributed by atoms with Crippen molar-refractivity contribution in [3.8, 4) is 11.8 Å². The molecule has 6 nitrogen and oxygen atoms in total. The number of rotatable bonds is 6. The monoisotopic (exact) mass is 310 g/mol. The minimum atomic E-state index is -3.50. The molecule has 21 heavy (non-hydrogen) atoms. The molecular formula is C14H18N2O4S. The van der Waals surface area contributed by atoms with E-state index < -0.39 is 10.0 Å². The van der Waals surface area contributed by atoms with Crippen molar-refractivity contribution < 1.29 is 18.3 Å². The van der Waals surface area contributed by atoms with Crippen LogP contribution in [-0.2, 0) is 10.0 Å². The summed E-state index contributed by atoms with van der Waals surface area (Å²) in [4.78, 5) is 11.9. The van der Waals surface area contributed by atoms with Gasteiger partial charge in [0.2, 0.25) is 10.0 Å². The van der Waals surface area contributed by atoms with Gasteiger partial charge in [-0.15, -0.1) is 0 Å². The first-order valence-electron chi connectivity index (χ1n) is 6.41. The van der Waals surface area contributed by atoms with E-state index in [-0.39, 0.29) is 31.2 Å². The summed E-state index contributed by atoms with van der Waals surface area (Å²) < 4.78 is 21.5. The summed E-state index contributed by atoms with van der Waals surface area (Å²) in [5, 5.41) is 16.1. The average Bonchev–Trinajstić information content (AvgIpc) is 2.43. The number of nitrogens with one attached hydrogen (secondary N) is 1. The Kier molecular flexibility index (Phi) is 6.88. The Morgan fingerprint density at radius 3 is 2.81 bits per heavy atom. The largest absolute Gasteiger partial charge is 0.395 e. The van der Waals surface area contributed by atoms with E-state index in [9.17, 15) is 13.2 Å². The van der Waals surface area contributed by atoms with Gasteiger partial charge >= 0.3 is 0 Å². The lowest BCUT2D eigenvalue weighted by Crippen LogP contribution is -2.27. The van der Waals surface area contributed by atoms with E-state index in [1.165, 1.54) is 0 Å². The Bertz CT molecular complexity index is 644. The summed E-state index contributed by atoms with van der Waals surface area (Å²) in [6.45, 7) is 0.229. The van der Waals surface area contributed by atoms with Gasteiger partial charge in [-0.05, 0) is 24.6 Å². The summed E-state index contributed by atoms with van der Waals surface area (Å²) in [7, 11) is -3.50. The van der Waals surface area contributed by atoms with Crippen LogP contribution in [0.1, 0.15) is 28.8 Å². The van der Waals surface area contributed by atoms with Gasteiger partial charge < -0.3 is 10.4 Å². The molecule has 0 aliphatic carbocycles. The summed E-state index contributed by atoms with van der Waals surface area (Å²) in [5.41, 5.74) is 1.13. The van der Waals surface area contributed by atoms with E-state index >= 15 is 0 Å². The minimum Gasteiger partial charge on any atom is -0.395 e. The highest BCUT2D eigenvalue weighted by Crippen LogP contribution is 2.04. The van der Waals surface area contributed by atoms with Gasteiger partial charge in [0.1, 0.15) is 0 Å². The van der Waals surface area contributed by atoms with Gasteiger partial charge in [-0.25, -0.2) is 13.6 Å². The van der Waals surface area contributed by atoms with E-state index in [4.69, 9.17) is 10.2 Å². The molecule has 0 aliphatic rings. The molecule has 0 unspecified atom stereocenters. The maximum absolute atomic E-state index is 11.9. The highest BCUT2D eigenvalue weighted by Gasteiger charge is 2.06. The van der Waals surface area contributed by atoms with Gasteiger partial charge in [0.25, 0.3) is 5.91 Å². The van der Waals surface area contributed by atoms with Crippen LogP contribution in [0, 0.1) is 11.8 Å². The number of primary sulfonamides is 1. The number of carbonyl (C=O) groups excluding carboxylic acids is 1. The number of carbonyl (C=O) groups is 1. The Labute approximate surface area is 124 Å². The Morgan fingerprint density at radius 1 is 1.38 bits per heavy atom. The van der Waals surface area contributed by atoms with Crippen molar-refractivity contribution >= 4 is 15.9 Å². The fourth-order valence-electron chi connectivity index (χ4n) is 1.54. The fraction of sp³-hybridized carbons (Fsp3) is 0.357.